The minimum Gasteiger partial charge on any atom is -0.456 e. The second kappa shape index (κ2) is 14.7. The Morgan fingerprint density at radius 1 is 0.290 bits per heavy atom. The molecule has 6 nitrogen and oxygen atoms in total. The van der Waals surface area contributed by atoms with E-state index >= 15 is 0 Å². The molecule has 0 bridgehead atoms. The smallest absolute Gasteiger partial charge is 0.161 e. The molecule has 322 valence electrons. The third kappa shape index (κ3) is 6.11. The molecule has 0 N–H and O–H groups in total. The number of para-hydroxylation sites is 2. The number of anilines is 6. The van der Waals surface area contributed by atoms with E-state index in [2.05, 4.69) is 204 Å². The molecule has 4 heterocycles. The van der Waals surface area contributed by atoms with Crippen LogP contribution in [0.1, 0.15) is 0 Å². The largest absolute Gasteiger partial charge is 0.456 e. The molecule has 15 rings (SSSR count). The third-order valence-electron chi connectivity index (χ3n) is 13.8. The molecule has 69 heavy (non-hydrogen) atoms. The number of hydrogen-bond donors (Lipinski definition) is 0. The van der Waals surface area contributed by atoms with Gasteiger partial charge in [0.05, 0.1) is 10.4 Å². The lowest BCUT2D eigenvalue weighted by atomic mass is 10.0. The van der Waals surface area contributed by atoms with Gasteiger partial charge < -0.3 is 13.7 Å². The summed E-state index contributed by atoms with van der Waals surface area (Å²) in [4.78, 5) is 4.53. The fourth-order valence-electron chi connectivity index (χ4n) is 10.5. The van der Waals surface area contributed by atoms with Gasteiger partial charge in [0, 0.05) is 72.6 Å². The van der Waals surface area contributed by atoms with Crippen LogP contribution in [-0.2, 0) is 0 Å². The molecule has 0 radical (unpaired) electrons. The average molecular weight is 901 g/mol. The van der Waals surface area contributed by atoms with Crippen molar-refractivity contribution in [1.29, 1.82) is 0 Å². The van der Waals surface area contributed by atoms with Crippen LogP contribution in [0.3, 0.4) is 0 Å². The van der Waals surface area contributed by atoms with E-state index in [9.17, 15) is 0 Å². The maximum absolute atomic E-state index is 6.46. The maximum Gasteiger partial charge on any atom is 0.161 e. The summed E-state index contributed by atoms with van der Waals surface area (Å²) in [6.07, 6.45) is 0. The van der Waals surface area contributed by atoms with Gasteiger partial charge in [-0.05, 0) is 146 Å². The first kappa shape index (κ1) is 38.1. The number of rotatable bonds is 6. The van der Waals surface area contributed by atoms with E-state index in [1.807, 2.05) is 24.3 Å². The van der Waals surface area contributed by atoms with E-state index in [0.717, 1.165) is 98.0 Å². The minimum absolute atomic E-state index is 0.717. The topological polar surface area (TPSA) is 58.5 Å². The molecule has 11 aromatic carbocycles. The fourth-order valence-corrected chi connectivity index (χ4v) is 11.6. The normalized spacial score (nSPS) is 12.1. The van der Waals surface area contributed by atoms with E-state index in [0.29, 0.717) is 5.82 Å². The van der Waals surface area contributed by atoms with E-state index < -0.39 is 0 Å². The number of nitrogens with zero attached hydrogens (tertiary/aromatic N) is 4. The average Bonchev–Trinajstić information content (AvgIpc) is 4.08. The highest BCUT2D eigenvalue weighted by molar-refractivity contribution is 7.25. The summed E-state index contributed by atoms with van der Waals surface area (Å²) >= 11 is 1.73. The second-order valence-corrected chi connectivity index (χ2v) is 19.0. The predicted molar refractivity (Wildman–Crippen MR) is 289 cm³/mol. The Hall–Kier alpha value is -9.04. The van der Waals surface area contributed by atoms with Gasteiger partial charge in [0.1, 0.15) is 27.8 Å². The second-order valence-electron chi connectivity index (χ2n) is 17.9. The minimum atomic E-state index is 0.717. The summed E-state index contributed by atoms with van der Waals surface area (Å²) in [7, 11) is 0. The molecule has 0 atom stereocenters. The number of aromatic nitrogens is 2. The summed E-state index contributed by atoms with van der Waals surface area (Å²) in [5.41, 5.74) is 9.27. The number of furan rings is 2. The molecule has 4 aromatic heterocycles. The molecule has 0 aliphatic carbocycles. The molecule has 0 aliphatic heterocycles. The van der Waals surface area contributed by atoms with Crippen molar-refractivity contribution in [3.8, 4) is 0 Å². The number of benzene rings is 11. The summed E-state index contributed by atoms with van der Waals surface area (Å²) in [6.45, 7) is 0. The molecule has 7 heteroatoms. The van der Waals surface area contributed by atoms with E-state index in [1.54, 1.807) is 11.3 Å². The van der Waals surface area contributed by atoms with Crippen molar-refractivity contribution in [1.82, 2.24) is 10.2 Å². The van der Waals surface area contributed by atoms with Crippen molar-refractivity contribution in [2.45, 2.75) is 0 Å². The lowest BCUT2D eigenvalue weighted by Crippen LogP contribution is -2.12. The standard InChI is InChI=1S/C62H36N4O2S/c1-3-11-39-29-43-31-45(19-17-41(43)27-37(39)9-1)65(47-21-24-52-50-13-5-7-15-55(50)67-57(52)33-47)49-23-26-54-59(35-49)69-60-36-61(63-64-62(54)60)66(48-22-25-53-51-14-6-8-16-56(51)68-58(53)34-48)46-20-18-42-28-38-10-2-4-12-40(38)30-44(42)32-46/h1-36H. The molecule has 0 spiro atoms. The molecular formula is C62H36N4O2S. The summed E-state index contributed by atoms with van der Waals surface area (Å²) in [5, 5.41) is 25.0. The van der Waals surface area contributed by atoms with Gasteiger partial charge >= 0.3 is 0 Å². The van der Waals surface area contributed by atoms with Gasteiger partial charge in [0.25, 0.3) is 0 Å². The van der Waals surface area contributed by atoms with Crippen LogP contribution < -0.4 is 9.80 Å². The Bertz CT molecular complexity index is 4310. The van der Waals surface area contributed by atoms with Gasteiger partial charge in [0.2, 0.25) is 0 Å². The lowest BCUT2D eigenvalue weighted by molar-refractivity contribution is 0.668. The molecule has 0 fully saturated rings. The van der Waals surface area contributed by atoms with Gasteiger partial charge in [0.15, 0.2) is 5.82 Å². The summed E-state index contributed by atoms with van der Waals surface area (Å²) in [5.74, 6) is 0.717. The molecule has 0 saturated heterocycles. The van der Waals surface area contributed by atoms with Crippen molar-refractivity contribution in [2.24, 2.45) is 0 Å². The quantitative estimate of drug-likeness (QED) is 0.155. The fraction of sp³-hybridized carbons (Fsp3) is 0. The van der Waals surface area contributed by atoms with Crippen molar-refractivity contribution >= 4 is 153 Å². The monoisotopic (exact) mass is 900 g/mol. The van der Waals surface area contributed by atoms with Crippen LogP contribution in [0.25, 0.3) is 107 Å². The molecule has 0 unspecified atom stereocenters. The van der Waals surface area contributed by atoms with Crippen LogP contribution in [0.2, 0.25) is 0 Å². The molecular weight excluding hydrogens is 865 g/mol. The van der Waals surface area contributed by atoms with Crippen LogP contribution >= 0.6 is 11.3 Å². The highest BCUT2D eigenvalue weighted by Gasteiger charge is 2.22. The Morgan fingerprint density at radius 2 is 0.710 bits per heavy atom. The molecule has 0 aliphatic rings. The lowest BCUT2D eigenvalue weighted by Gasteiger charge is -2.26. The SMILES string of the molecule is c1ccc2cc3cc(N(c4ccc5c(c4)oc4ccccc45)c4ccc5c(c4)sc4cc(N(c6ccc7cc8ccccc8cc7c6)c6ccc7c(c6)oc6ccccc67)nnc45)ccc3cc2c1. The maximum atomic E-state index is 6.46. The van der Waals surface area contributed by atoms with Gasteiger partial charge in [-0.2, -0.15) is 0 Å². The first-order chi connectivity index (χ1) is 34.1. The van der Waals surface area contributed by atoms with Gasteiger partial charge in [-0.3, -0.25) is 4.90 Å². The van der Waals surface area contributed by atoms with Crippen LogP contribution in [0, 0.1) is 0 Å². The first-order valence-corrected chi connectivity index (χ1v) is 23.9. The Balaban J connectivity index is 0.887. The van der Waals surface area contributed by atoms with Gasteiger partial charge in [-0.25, -0.2) is 0 Å². The van der Waals surface area contributed by atoms with Crippen molar-refractivity contribution in [2.75, 3.05) is 9.80 Å². The molecule has 0 saturated carbocycles. The highest BCUT2D eigenvalue weighted by atomic mass is 32.1. The van der Waals surface area contributed by atoms with Crippen LogP contribution in [0.15, 0.2) is 227 Å². The van der Waals surface area contributed by atoms with Crippen molar-refractivity contribution in [3.63, 3.8) is 0 Å². The zero-order valence-electron chi connectivity index (χ0n) is 36.8. The Morgan fingerprint density at radius 3 is 1.29 bits per heavy atom. The zero-order valence-corrected chi connectivity index (χ0v) is 37.6. The van der Waals surface area contributed by atoms with E-state index in [-0.39, 0.29) is 0 Å². The third-order valence-corrected chi connectivity index (χ3v) is 14.9. The highest BCUT2D eigenvalue weighted by Crippen LogP contribution is 2.45. The Labute approximate surface area is 398 Å². The zero-order chi connectivity index (χ0) is 45.2. The summed E-state index contributed by atoms with van der Waals surface area (Å²) < 4.78 is 15.1. The van der Waals surface area contributed by atoms with E-state index in [1.165, 1.54) is 37.7 Å². The van der Waals surface area contributed by atoms with Crippen molar-refractivity contribution < 1.29 is 8.83 Å². The van der Waals surface area contributed by atoms with Crippen LogP contribution in [0.4, 0.5) is 34.3 Å². The molecule has 15 aromatic rings. The predicted octanol–water partition coefficient (Wildman–Crippen LogP) is 18.2. The number of hydrogen-bond acceptors (Lipinski definition) is 7. The molecule has 0 amide bonds. The van der Waals surface area contributed by atoms with E-state index in [4.69, 9.17) is 19.0 Å². The van der Waals surface area contributed by atoms with Gasteiger partial charge in [-0.1, -0.05) is 97.1 Å². The van der Waals surface area contributed by atoms with Crippen LogP contribution in [-0.4, -0.2) is 10.2 Å². The number of fused-ring (bicyclic) bond motifs is 13. The first-order valence-electron chi connectivity index (χ1n) is 23.1. The Kier molecular flexibility index (Phi) is 8.13. The van der Waals surface area contributed by atoms with Gasteiger partial charge in [-0.15, -0.1) is 21.5 Å². The summed E-state index contributed by atoms with van der Waals surface area (Å²) in [6, 6.07) is 77.8. The van der Waals surface area contributed by atoms with Crippen LogP contribution in [0.5, 0.6) is 0 Å². The van der Waals surface area contributed by atoms with Crippen molar-refractivity contribution in [3.05, 3.63) is 218 Å². The number of thiophene rings is 1.